The number of benzene rings is 2. The zero-order chi connectivity index (χ0) is 19.5. The van der Waals surface area contributed by atoms with E-state index >= 15 is 0 Å². The van der Waals surface area contributed by atoms with Gasteiger partial charge in [-0.15, -0.1) is 0 Å². The maximum atomic E-state index is 12.7. The molecule has 0 bridgehead atoms. The van der Waals surface area contributed by atoms with Crippen molar-refractivity contribution in [1.29, 1.82) is 0 Å². The number of rotatable bonds is 6. The molecule has 0 aromatic heterocycles. The van der Waals surface area contributed by atoms with E-state index in [1.165, 1.54) is 38.4 Å². The lowest BCUT2D eigenvalue weighted by Gasteiger charge is -2.25. The first kappa shape index (κ1) is 19.9. The summed E-state index contributed by atoms with van der Waals surface area (Å²) in [6.45, 7) is 1.94. The van der Waals surface area contributed by atoms with E-state index in [1.54, 1.807) is 19.1 Å². The van der Waals surface area contributed by atoms with Gasteiger partial charge in [0.2, 0.25) is 10.0 Å². The number of carbonyl (C=O) groups is 1. The summed E-state index contributed by atoms with van der Waals surface area (Å²) in [5, 5.41) is 0. The lowest BCUT2D eigenvalue weighted by molar-refractivity contribution is 0.0742. The molecule has 0 spiro atoms. The molecule has 1 unspecified atom stereocenters. The molecule has 0 saturated heterocycles. The summed E-state index contributed by atoms with van der Waals surface area (Å²) >= 11 is 0. The molecule has 0 aliphatic heterocycles. The molecule has 0 heterocycles. The largest absolute Gasteiger partial charge is 0.497 e. The molecule has 26 heavy (non-hydrogen) atoms. The van der Waals surface area contributed by atoms with E-state index in [-0.39, 0.29) is 16.8 Å². The van der Waals surface area contributed by atoms with Crippen LogP contribution < -0.4 is 4.74 Å². The van der Waals surface area contributed by atoms with Gasteiger partial charge in [-0.25, -0.2) is 12.7 Å². The maximum absolute atomic E-state index is 12.7. The summed E-state index contributed by atoms with van der Waals surface area (Å²) in [5.41, 5.74) is 1.42. The second kappa shape index (κ2) is 7.88. The molecule has 2 rings (SSSR count). The summed E-state index contributed by atoms with van der Waals surface area (Å²) in [7, 11) is 2.76. The second-order valence-corrected chi connectivity index (χ2v) is 8.33. The second-order valence-electron chi connectivity index (χ2n) is 6.18. The van der Waals surface area contributed by atoms with Gasteiger partial charge in [0.25, 0.3) is 5.91 Å². The van der Waals surface area contributed by atoms with Crippen LogP contribution in [-0.2, 0) is 10.0 Å². The first-order chi connectivity index (χ1) is 12.2. The van der Waals surface area contributed by atoms with Gasteiger partial charge in [0.15, 0.2) is 0 Å². The number of sulfonamides is 1. The van der Waals surface area contributed by atoms with Gasteiger partial charge in [-0.05, 0) is 48.9 Å². The van der Waals surface area contributed by atoms with E-state index in [4.69, 9.17) is 4.74 Å². The highest BCUT2D eigenvalue weighted by atomic mass is 32.2. The third kappa shape index (κ3) is 4.05. The number of nitrogens with zero attached hydrogens (tertiary/aromatic N) is 2. The van der Waals surface area contributed by atoms with E-state index in [0.29, 0.717) is 5.56 Å². The van der Waals surface area contributed by atoms with Crippen LogP contribution in [0.5, 0.6) is 5.75 Å². The van der Waals surface area contributed by atoms with E-state index in [9.17, 15) is 13.2 Å². The summed E-state index contributed by atoms with van der Waals surface area (Å²) in [6.07, 6.45) is 0. The number of methoxy groups -OCH3 is 1. The average molecular weight is 376 g/mol. The predicted molar refractivity (Wildman–Crippen MR) is 101 cm³/mol. The van der Waals surface area contributed by atoms with Crippen LogP contribution in [0.2, 0.25) is 0 Å². The highest BCUT2D eigenvalue weighted by Crippen LogP contribution is 2.23. The monoisotopic (exact) mass is 376 g/mol. The van der Waals surface area contributed by atoms with E-state index in [1.807, 2.05) is 31.2 Å². The normalized spacial score (nSPS) is 12.7. The predicted octanol–water partition coefficient (Wildman–Crippen LogP) is 2.78. The van der Waals surface area contributed by atoms with Crippen molar-refractivity contribution in [2.75, 3.05) is 28.3 Å². The molecule has 0 radical (unpaired) electrons. The van der Waals surface area contributed by atoms with E-state index in [0.717, 1.165) is 15.6 Å². The average Bonchev–Trinajstić information content (AvgIpc) is 2.66. The van der Waals surface area contributed by atoms with Crippen LogP contribution in [0.15, 0.2) is 53.4 Å². The fourth-order valence-corrected chi connectivity index (χ4v) is 3.37. The Morgan fingerprint density at radius 1 is 0.962 bits per heavy atom. The summed E-state index contributed by atoms with van der Waals surface area (Å²) < 4.78 is 30.5. The highest BCUT2D eigenvalue weighted by Gasteiger charge is 2.21. The Kier molecular flexibility index (Phi) is 6.05. The Balaban J connectivity index is 2.19. The van der Waals surface area contributed by atoms with Gasteiger partial charge in [-0.2, -0.15) is 0 Å². The smallest absolute Gasteiger partial charge is 0.254 e. The van der Waals surface area contributed by atoms with Gasteiger partial charge in [-0.1, -0.05) is 12.1 Å². The maximum Gasteiger partial charge on any atom is 0.254 e. The molecule has 0 aliphatic carbocycles. The highest BCUT2D eigenvalue weighted by molar-refractivity contribution is 7.89. The molecule has 140 valence electrons. The summed E-state index contributed by atoms with van der Waals surface area (Å²) in [4.78, 5) is 14.5. The van der Waals surface area contributed by atoms with Crippen LogP contribution in [0, 0.1) is 0 Å². The van der Waals surface area contributed by atoms with Crippen molar-refractivity contribution in [2.45, 2.75) is 17.9 Å². The fraction of sp³-hybridized carbons (Fsp3) is 0.316. The molecule has 7 heteroatoms. The molecular formula is C19H24N2O4S. The minimum Gasteiger partial charge on any atom is -0.497 e. The number of ether oxygens (including phenoxy) is 1. The zero-order valence-electron chi connectivity index (χ0n) is 15.6. The first-order valence-electron chi connectivity index (χ1n) is 8.12. The Morgan fingerprint density at radius 2 is 1.50 bits per heavy atom. The van der Waals surface area contributed by atoms with Crippen LogP contribution in [0.4, 0.5) is 0 Å². The molecule has 2 aromatic rings. The molecule has 0 saturated carbocycles. The Labute approximate surface area is 155 Å². The van der Waals surface area contributed by atoms with Crippen molar-refractivity contribution in [3.05, 3.63) is 59.7 Å². The fourth-order valence-electron chi connectivity index (χ4n) is 2.47. The van der Waals surface area contributed by atoms with Gasteiger partial charge in [0.1, 0.15) is 5.75 Å². The van der Waals surface area contributed by atoms with Crippen molar-refractivity contribution in [3.8, 4) is 5.75 Å². The van der Waals surface area contributed by atoms with Crippen molar-refractivity contribution in [2.24, 2.45) is 0 Å². The molecule has 0 aliphatic rings. The molecule has 2 aromatic carbocycles. The SMILES string of the molecule is COc1ccc(C(C)N(C)C(=O)c2ccc(S(=O)(=O)N(C)C)cc2)cc1. The van der Waals surface area contributed by atoms with Gasteiger partial charge in [0.05, 0.1) is 18.0 Å². The number of hydrogen-bond acceptors (Lipinski definition) is 4. The number of amides is 1. The topological polar surface area (TPSA) is 66.9 Å². The van der Waals surface area contributed by atoms with Gasteiger partial charge < -0.3 is 9.64 Å². The van der Waals surface area contributed by atoms with Crippen molar-refractivity contribution >= 4 is 15.9 Å². The van der Waals surface area contributed by atoms with Gasteiger partial charge >= 0.3 is 0 Å². The summed E-state index contributed by atoms with van der Waals surface area (Å²) in [5.74, 6) is 0.578. The van der Waals surface area contributed by atoms with Crippen LogP contribution in [0.1, 0.15) is 28.9 Å². The zero-order valence-corrected chi connectivity index (χ0v) is 16.4. The van der Waals surface area contributed by atoms with Crippen LogP contribution in [0.25, 0.3) is 0 Å². The molecule has 6 nitrogen and oxygen atoms in total. The number of carbonyl (C=O) groups excluding carboxylic acids is 1. The van der Waals surface area contributed by atoms with Crippen molar-refractivity contribution in [1.82, 2.24) is 9.21 Å². The van der Waals surface area contributed by atoms with Crippen LogP contribution >= 0.6 is 0 Å². The quantitative estimate of drug-likeness (QED) is 0.777. The van der Waals surface area contributed by atoms with Gasteiger partial charge in [0, 0.05) is 26.7 Å². The van der Waals surface area contributed by atoms with Crippen molar-refractivity contribution in [3.63, 3.8) is 0 Å². The third-order valence-electron chi connectivity index (χ3n) is 4.38. The standard InChI is InChI=1S/C19H24N2O4S/c1-14(15-6-10-17(25-5)11-7-15)21(4)19(22)16-8-12-18(13-9-16)26(23,24)20(2)3/h6-14H,1-5H3. The number of hydrogen-bond donors (Lipinski definition) is 0. The minimum atomic E-state index is -3.51. The molecule has 1 atom stereocenters. The van der Waals surface area contributed by atoms with E-state index < -0.39 is 10.0 Å². The Hall–Kier alpha value is -2.38. The lowest BCUT2D eigenvalue weighted by atomic mass is 10.1. The van der Waals surface area contributed by atoms with Crippen LogP contribution in [-0.4, -0.2) is 51.8 Å². The summed E-state index contributed by atoms with van der Waals surface area (Å²) in [6, 6.07) is 13.4. The molecule has 0 N–H and O–H groups in total. The molecule has 0 fully saturated rings. The van der Waals surface area contributed by atoms with E-state index in [2.05, 4.69) is 0 Å². The molecular weight excluding hydrogens is 352 g/mol. The Bertz CT molecular complexity index is 859. The van der Waals surface area contributed by atoms with Crippen molar-refractivity contribution < 1.29 is 17.9 Å². The minimum absolute atomic E-state index is 0.140. The third-order valence-corrected chi connectivity index (χ3v) is 6.21. The van der Waals surface area contributed by atoms with Crippen LogP contribution in [0.3, 0.4) is 0 Å². The molecule has 1 amide bonds. The van der Waals surface area contributed by atoms with Gasteiger partial charge in [-0.3, -0.25) is 4.79 Å². The lowest BCUT2D eigenvalue weighted by Crippen LogP contribution is -2.29. The Morgan fingerprint density at radius 3 is 1.96 bits per heavy atom. The first-order valence-corrected chi connectivity index (χ1v) is 9.56.